The van der Waals surface area contributed by atoms with Gasteiger partial charge in [0.2, 0.25) is 0 Å². The first-order chi connectivity index (χ1) is 9.88. The molecule has 0 amide bonds. The largest absolute Gasteiger partial charge is 0.367 e. The van der Waals surface area contributed by atoms with Gasteiger partial charge >= 0.3 is 0 Å². The van der Waals surface area contributed by atoms with Crippen molar-refractivity contribution in [1.82, 2.24) is 5.32 Å². The second-order valence-corrected chi connectivity index (χ2v) is 6.46. The Kier molecular flexibility index (Phi) is 4.62. The minimum absolute atomic E-state index is 0.768. The van der Waals surface area contributed by atoms with E-state index in [-0.39, 0.29) is 0 Å². The molecule has 0 radical (unpaired) electrons. The molecule has 3 rings (SSSR count). The van der Waals surface area contributed by atoms with E-state index in [9.17, 15) is 0 Å². The number of para-hydroxylation sites is 1. The highest BCUT2D eigenvalue weighted by molar-refractivity contribution is 5.55. The van der Waals surface area contributed by atoms with Gasteiger partial charge in [-0.1, -0.05) is 38.0 Å². The lowest BCUT2D eigenvalue weighted by Crippen LogP contribution is -2.40. The standard InChI is InChI=1S/C18H28N2/c1-2-5-15-8-10-17(11-9-15)20-13-12-19-14-16-6-3-4-7-18(16)20/h3-4,6-7,15,17,19H,2,5,8-14H2,1H3. The summed E-state index contributed by atoms with van der Waals surface area (Å²) < 4.78 is 0. The van der Waals surface area contributed by atoms with Gasteiger partial charge < -0.3 is 10.2 Å². The van der Waals surface area contributed by atoms with Crippen molar-refractivity contribution in [1.29, 1.82) is 0 Å². The zero-order valence-electron chi connectivity index (χ0n) is 12.8. The second-order valence-electron chi connectivity index (χ2n) is 6.46. The fourth-order valence-electron chi connectivity index (χ4n) is 4.02. The zero-order chi connectivity index (χ0) is 13.8. The average Bonchev–Trinajstić information content (AvgIpc) is 2.71. The molecule has 0 unspecified atom stereocenters. The van der Waals surface area contributed by atoms with Crippen molar-refractivity contribution in [2.45, 2.75) is 58.0 Å². The van der Waals surface area contributed by atoms with Crippen LogP contribution in [0.5, 0.6) is 0 Å². The number of rotatable bonds is 3. The van der Waals surface area contributed by atoms with Crippen molar-refractivity contribution in [2.75, 3.05) is 18.0 Å². The van der Waals surface area contributed by atoms with E-state index in [4.69, 9.17) is 0 Å². The minimum atomic E-state index is 0.768. The topological polar surface area (TPSA) is 15.3 Å². The highest BCUT2D eigenvalue weighted by Crippen LogP contribution is 2.34. The third-order valence-corrected chi connectivity index (χ3v) is 5.10. The van der Waals surface area contributed by atoms with Gasteiger partial charge in [0.25, 0.3) is 0 Å². The summed E-state index contributed by atoms with van der Waals surface area (Å²) in [6.07, 6.45) is 8.43. The number of hydrogen-bond donors (Lipinski definition) is 1. The fraction of sp³-hybridized carbons (Fsp3) is 0.667. The maximum atomic E-state index is 3.56. The molecule has 1 aliphatic heterocycles. The van der Waals surface area contributed by atoms with Crippen LogP contribution in [0.1, 0.15) is 51.0 Å². The van der Waals surface area contributed by atoms with Crippen molar-refractivity contribution in [3.8, 4) is 0 Å². The predicted molar refractivity (Wildman–Crippen MR) is 86.1 cm³/mol. The summed E-state index contributed by atoms with van der Waals surface area (Å²) in [6, 6.07) is 9.73. The first kappa shape index (κ1) is 13.9. The van der Waals surface area contributed by atoms with Crippen LogP contribution in [0.3, 0.4) is 0 Å². The average molecular weight is 272 g/mol. The van der Waals surface area contributed by atoms with Crippen LogP contribution in [0.2, 0.25) is 0 Å². The maximum absolute atomic E-state index is 3.56. The van der Waals surface area contributed by atoms with E-state index in [2.05, 4.69) is 41.4 Å². The highest BCUT2D eigenvalue weighted by Gasteiger charge is 2.27. The van der Waals surface area contributed by atoms with Crippen molar-refractivity contribution >= 4 is 5.69 Å². The molecular weight excluding hydrogens is 244 g/mol. The highest BCUT2D eigenvalue weighted by atomic mass is 15.2. The zero-order valence-corrected chi connectivity index (χ0v) is 12.8. The van der Waals surface area contributed by atoms with Gasteiger partial charge in [0.1, 0.15) is 0 Å². The van der Waals surface area contributed by atoms with Crippen molar-refractivity contribution in [3.05, 3.63) is 29.8 Å². The van der Waals surface area contributed by atoms with Gasteiger partial charge in [0, 0.05) is 31.4 Å². The van der Waals surface area contributed by atoms with Crippen LogP contribution in [-0.4, -0.2) is 19.1 Å². The molecule has 0 atom stereocenters. The molecular formula is C18H28N2. The van der Waals surface area contributed by atoms with E-state index in [1.165, 1.54) is 56.3 Å². The van der Waals surface area contributed by atoms with Crippen LogP contribution >= 0.6 is 0 Å². The molecule has 1 saturated carbocycles. The molecule has 1 aliphatic carbocycles. The van der Waals surface area contributed by atoms with Crippen LogP contribution < -0.4 is 10.2 Å². The summed E-state index contributed by atoms with van der Waals surface area (Å²) >= 11 is 0. The third kappa shape index (κ3) is 3.01. The lowest BCUT2D eigenvalue weighted by Gasteiger charge is -2.38. The van der Waals surface area contributed by atoms with Gasteiger partial charge in [-0.3, -0.25) is 0 Å². The van der Waals surface area contributed by atoms with E-state index < -0.39 is 0 Å². The fourth-order valence-corrected chi connectivity index (χ4v) is 4.02. The van der Waals surface area contributed by atoms with E-state index in [0.717, 1.165) is 25.0 Å². The number of benzene rings is 1. The van der Waals surface area contributed by atoms with E-state index in [1.807, 2.05) is 0 Å². The molecule has 2 heteroatoms. The SMILES string of the molecule is CCCC1CCC(N2CCNCc3ccccc32)CC1. The summed E-state index contributed by atoms with van der Waals surface area (Å²) in [5.74, 6) is 0.997. The molecule has 0 aromatic heterocycles. The van der Waals surface area contributed by atoms with Gasteiger partial charge in [-0.15, -0.1) is 0 Å². The first-order valence-corrected chi connectivity index (χ1v) is 8.43. The quantitative estimate of drug-likeness (QED) is 0.896. The van der Waals surface area contributed by atoms with Crippen molar-refractivity contribution < 1.29 is 0 Å². The molecule has 1 aromatic carbocycles. The Balaban J connectivity index is 1.71. The summed E-state index contributed by atoms with van der Waals surface area (Å²) in [5.41, 5.74) is 2.96. The number of hydrogen-bond acceptors (Lipinski definition) is 2. The Labute approximate surface area is 123 Å². The summed E-state index contributed by atoms with van der Waals surface area (Å²) in [6.45, 7) is 5.63. The molecule has 1 heterocycles. The monoisotopic (exact) mass is 272 g/mol. The van der Waals surface area contributed by atoms with Gasteiger partial charge in [-0.2, -0.15) is 0 Å². The van der Waals surface area contributed by atoms with Crippen LogP contribution in [0, 0.1) is 5.92 Å². The van der Waals surface area contributed by atoms with Gasteiger partial charge in [0.15, 0.2) is 0 Å². The predicted octanol–water partition coefficient (Wildman–Crippen LogP) is 3.96. The normalized spacial score (nSPS) is 26.9. The molecule has 2 nitrogen and oxygen atoms in total. The first-order valence-electron chi connectivity index (χ1n) is 8.43. The third-order valence-electron chi connectivity index (χ3n) is 5.10. The van der Waals surface area contributed by atoms with Gasteiger partial charge in [-0.05, 0) is 43.2 Å². The minimum Gasteiger partial charge on any atom is -0.367 e. The molecule has 20 heavy (non-hydrogen) atoms. The Bertz CT molecular complexity index is 421. The van der Waals surface area contributed by atoms with Crippen molar-refractivity contribution in [2.24, 2.45) is 5.92 Å². The summed E-state index contributed by atoms with van der Waals surface area (Å²) in [4.78, 5) is 2.69. The van der Waals surface area contributed by atoms with E-state index >= 15 is 0 Å². The summed E-state index contributed by atoms with van der Waals surface area (Å²) in [5, 5.41) is 3.56. The molecule has 2 aliphatic rings. The lowest BCUT2D eigenvalue weighted by molar-refractivity contribution is 0.299. The van der Waals surface area contributed by atoms with Crippen molar-refractivity contribution in [3.63, 3.8) is 0 Å². The molecule has 0 saturated heterocycles. The Morgan fingerprint density at radius 3 is 2.75 bits per heavy atom. The van der Waals surface area contributed by atoms with Gasteiger partial charge in [0.05, 0.1) is 0 Å². The van der Waals surface area contributed by atoms with Crippen LogP contribution in [0.25, 0.3) is 0 Å². The van der Waals surface area contributed by atoms with E-state index in [0.29, 0.717) is 0 Å². The van der Waals surface area contributed by atoms with Crippen LogP contribution in [-0.2, 0) is 6.54 Å². The Hall–Kier alpha value is -1.02. The Morgan fingerprint density at radius 2 is 1.95 bits per heavy atom. The number of nitrogens with one attached hydrogen (secondary N) is 1. The molecule has 0 spiro atoms. The smallest absolute Gasteiger partial charge is 0.0414 e. The van der Waals surface area contributed by atoms with E-state index in [1.54, 1.807) is 0 Å². The van der Waals surface area contributed by atoms with Gasteiger partial charge in [-0.25, -0.2) is 0 Å². The molecule has 1 fully saturated rings. The molecule has 0 bridgehead atoms. The number of nitrogens with zero attached hydrogens (tertiary/aromatic N) is 1. The second kappa shape index (κ2) is 6.62. The molecule has 1 N–H and O–H groups in total. The lowest BCUT2D eigenvalue weighted by atomic mass is 9.82. The van der Waals surface area contributed by atoms with Crippen LogP contribution in [0.15, 0.2) is 24.3 Å². The Morgan fingerprint density at radius 1 is 1.15 bits per heavy atom. The molecule has 1 aromatic rings. The molecule has 110 valence electrons. The number of anilines is 1. The van der Waals surface area contributed by atoms with Crippen LogP contribution in [0.4, 0.5) is 5.69 Å². The number of fused-ring (bicyclic) bond motifs is 1. The summed E-state index contributed by atoms with van der Waals surface area (Å²) in [7, 11) is 0. The maximum Gasteiger partial charge on any atom is 0.0414 e.